The zero-order valence-electron chi connectivity index (χ0n) is 40.5. The van der Waals surface area contributed by atoms with Gasteiger partial charge in [-0.25, -0.2) is 19.2 Å². The summed E-state index contributed by atoms with van der Waals surface area (Å²) in [6.45, 7) is 28.4. The van der Waals surface area contributed by atoms with Crippen molar-refractivity contribution in [3.63, 3.8) is 0 Å². The van der Waals surface area contributed by atoms with Gasteiger partial charge in [-0.15, -0.1) is 0 Å². The molecular formula is C45H78O16. The zero-order chi connectivity index (χ0) is 48.9. The van der Waals surface area contributed by atoms with E-state index in [4.69, 9.17) is 29.2 Å². The monoisotopic (exact) mass is 875 g/mol. The molecule has 1 aromatic rings. The average molecular weight is 875 g/mol. The first-order valence-electron chi connectivity index (χ1n) is 20.3. The van der Waals surface area contributed by atoms with E-state index in [2.05, 4.69) is 28.1 Å². The molecule has 0 heterocycles. The summed E-state index contributed by atoms with van der Waals surface area (Å²) in [7, 11) is 6.85. The minimum Gasteiger partial charge on any atom is -0.478 e. The van der Waals surface area contributed by atoms with Crippen LogP contribution in [0.2, 0.25) is 0 Å². The van der Waals surface area contributed by atoms with Crippen LogP contribution in [0.1, 0.15) is 177 Å². The molecule has 1 atom stereocenters. The normalized spacial score (nSPS) is 11.4. The third kappa shape index (κ3) is 26.4. The van der Waals surface area contributed by atoms with E-state index in [9.17, 15) is 33.6 Å². The van der Waals surface area contributed by atoms with Crippen LogP contribution in [-0.2, 0) is 47.5 Å². The van der Waals surface area contributed by atoms with E-state index >= 15 is 0 Å². The standard InChI is InChI=1S/C12H10O8.2C10H20O2.C7H14O2.C6H14O2/c1-19-11(17)7-4-8(12(18)20-2)6(10(15)16)3-5(7)9(13)14;1-7-10(5,6)8(11)12-9(2,3)4;1-5-7-8-12-9(11)10(3,4)6-2;1-5-7(2,3)6(8)9-4;1-4-6(8-3)5-7-2/h3-4H,1-2H3,(H,13,14)(H,15,16);7H2,1-6H3;5-8H2,1-4H3;5H2,1-4H3;6H,4-5H2,1-3H3. The molecule has 0 fully saturated rings. The molecule has 1 aromatic carbocycles. The number of hydrogen-bond donors (Lipinski definition) is 2. The lowest BCUT2D eigenvalue weighted by atomic mass is 9.90. The molecule has 0 spiro atoms. The third-order valence-electron chi connectivity index (χ3n) is 9.20. The SMILES string of the molecule is CCC(C)(C)C(=O)OC.CCC(C)(C)C(=O)OC(C)(C)C.CCC(COC)OC.CCCCOC(=O)C(C)(C)CC.COC(=O)c1cc(C(=O)OC)c(C(=O)O)cc1C(=O)O. The van der Waals surface area contributed by atoms with Gasteiger partial charge in [0.1, 0.15) is 5.60 Å². The van der Waals surface area contributed by atoms with Crippen molar-refractivity contribution in [2.24, 2.45) is 16.2 Å². The second-order valence-electron chi connectivity index (χ2n) is 16.5. The van der Waals surface area contributed by atoms with E-state index in [-0.39, 0.29) is 45.9 Å². The molecule has 0 aliphatic carbocycles. The summed E-state index contributed by atoms with van der Waals surface area (Å²) in [5.41, 5.74) is -3.39. The van der Waals surface area contributed by atoms with Gasteiger partial charge >= 0.3 is 41.8 Å². The van der Waals surface area contributed by atoms with Crippen LogP contribution in [0.3, 0.4) is 0 Å². The second kappa shape index (κ2) is 31.3. The Hall–Kier alpha value is -4.57. The predicted molar refractivity (Wildman–Crippen MR) is 232 cm³/mol. The molecule has 2 N–H and O–H groups in total. The van der Waals surface area contributed by atoms with Gasteiger partial charge in [0, 0.05) is 14.2 Å². The lowest BCUT2D eigenvalue weighted by Crippen LogP contribution is -2.33. The highest BCUT2D eigenvalue weighted by Crippen LogP contribution is 2.25. The number of ether oxygens (including phenoxy) is 7. The van der Waals surface area contributed by atoms with E-state index in [0.29, 0.717) is 19.3 Å². The fourth-order valence-electron chi connectivity index (χ4n) is 3.68. The molecule has 1 rings (SSSR count). The van der Waals surface area contributed by atoms with Crippen LogP contribution in [-0.4, -0.2) is 112 Å². The van der Waals surface area contributed by atoms with Crippen LogP contribution in [0.15, 0.2) is 12.1 Å². The number of hydrogen-bond acceptors (Lipinski definition) is 14. The van der Waals surface area contributed by atoms with Gasteiger partial charge in [-0.2, -0.15) is 0 Å². The van der Waals surface area contributed by atoms with E-state index < -0.39 is 46.1 Å². The van der Waals surface area contributed by atoms with Gasteiger partial charge in [0.15, 0.2) is 0 Å². The lowest BCUT2D eigenvalue weighted by Gasteiger charge is -2.27. The molecule has 0 saturated heterocycles. The van der Waals surface area contributed by atoms with Crippen LogP contribution < -0.4 is 0 Å². The summed E-state index contributed by atoms with van der Waals surface area (Å²) >= 11 is 0. The zero-order valence-corrected chi connectivity index (χ0v) is 40.5. The number of carbonyl (C=O) groups excluding carboxylic acids is 5. The smallest absolute Gasteiger partial charge is 0.338 e. The van der Waals surface area contributed by atoms with Gasteiger partial charge < -0.3 is 43.4 Å². The fraction of sp³-hybridized carbons (Fsp3) is 0.711. The van der Waals surface area contributed by atoms with Gasteiger partial charge in [-0.05, 0) is 107 Å². The quantitative estimate of drug-likeness (QED) is 0.0847. The number of carboxylic acids is 2. The second-order valence-corrected chi connectivity index (χ2v) is 16.5. The van der Waals surface area contributed by atoms with E-state index in [1.165, 1.54) is 7.11 Å². The van der Waals surface area contributed by atoms with E-state index in [1.807, 2.05) is 83.1 Å². The molecule has 1 unspecified atom stereocenters. The van der Waals surface area contributed by atoms with Gasteiger partial charge in [0.25, 0.3) is 0 Å². The topological polar surface area (TPSA) is 225 Å². The summed E-state index contributed by atoms with van der Waals surface area (Å²) < 4.78 is 33.6. The van der Waals surface area contributed by atoms with Gasteiger partial charge in [-0.1, -0.05) is 41.0 Å². The van der Waals surface area contributed by atoms with Crippen molar-refractivity contribution in [2.45, 2.75) is 147 Å². The van der Waals surface area contributed by atoms with Gasteiger partial charge in [-0.3, -0.25) is 14.4 Å². The van der Waals surface area contributed by atoms with Crippen LogP contribution in [0, 0.1) is 16.2 Å². The number of aromatic carboxylic acids is 2. The first-order valence-corrected chi connectivity index (χ1v) is 20.3. The molecule has 0 saturated carbocycles. The average Bonchev–Trinajstić information content (AvgIpc) is 3.21. The summed E-state index contributed by atoms with van der Waals surface area (Å²) in [5, 5.41) is 18.0. The van der Waals surface area contributed by atoms with Crippen molar-refractivity contribution in [3.8, 4) is 0 Å². The maximum Gasteiger partial charge on any atom is 0.338 e. The van der Waals surface area contributed by atoms with Crippen LogP contribution >= 0.6 is 0 Å². The summed E-state index contributed by atoms with van der Waals surface area (Å²) in [6, 6.07) is 1.54. The summed E-state index contributed by atoms with van der Waals surface area (Å²) in [6.07, 6.45) is 5.79. The molecule has 0 radical (unpaired) electrons. The van der Waals surface area contributed by atoms with Crippen LogP contribution in [0.4, 0.5) is 0 Å². The number of unbranched alkanes of at least 4 members (excludes halogenated alkanes) is 1. The van der Waals surface area contributed by atoms with Crippen molar-refractivity contribution < 1.29 is 76.9 Å². The number of esters is 5. The molecule has 0 aliphatic rings. The van der Waals surface area contributed by atoms with Crippen molar-refractivity contribution in [2.75, 3.05) is 48.8 Å². The summed E-state index contributed by atoms with van der Waals surface area (Å²) in [4.78, 5) is 78.8. The molecule has 16 nitrogen and oxygen atoms in total. The number of rotatable bonds is 17. The number of carbonyl (C=O) groups is 7. The molecule has 16 heteroatoms. The minimum atomic E-state index is -1.52. The third-order valence-corrected chi connectivity index (χ3v) is 9.20. The molecule has 354 valence electrons. The maximum atomic E-state index is 11.5. The maximum absolute atomic E-state index is 11.5. The Bertz CT molecular complexity index is 1450. The Kier molecular flexibility index (Phi) is 32.4. The van der Waals surface area contributed by atoms with E-state index in [0.717, 1.165) is 58.8 Å². The predicted octanol–water partition coefficient (Wildman–Crippen LogP) is 8.84. The van der Waals surface area contributed by atoms with Gasteiger partial charge in [0.2, 0.25) is 0 Å². The Balaban J connectivity index is -0.000000348. The number of methoxy groups -OCH3 is 5. The van der Waals surface area contributed by atoms with Crippen molar-refractivity contribution in [1.29, 1.82) is 0 Å². The van der Waals surface area contributed by atoms with Gasteiger partial charge in [0.05, 0.1) is 79.1 Å². The number of benzene rings is 1. The summed E-state index contributed by atoms with van der Waals surface area (Å²) in [5.74, 6) is -5.39. The first kappa shape index (κ1) is 63.1. The Morgan fingerprint density at radius 2 is 0.934 bits per heavy atom. The molecule has 0 aliphatic heterocycles. The Labute approximate surface area is 364 Å². The highest BCUT2D eigenvalue weighted by molar-refractivity contribution is 6.09. The Morgan fingerprint density at radius 1 is 0.557 bits per heavy atom. The largest absolute Gasteiger partial charge is 0.478 e. The highest BCUT2D eigenvalue weighted by Gasteiger charge is 2.31. The molecule has 0 bridgehead atoms. The molecule has 61 heavy (non-hydrogen) atoms. The van der Waals surface area contributed by atoms with Crippen molar-refractivity contribution >= 4 is 41.8 Å². The van der Waals surface area contributed by atoms with E-state index in [1.54, 1.807) is 14.2 Å². The van der Waals surface area contributed by atoms with Crippen LogP contribution in [0.25, 0.3) is 0 Å². The molecular weight excluding hydrogens is 796 g/mol. The molecule has 0 amide bonds. The van der Waals surface area contributed by atoms with Crippen molar-refractivity contribution in [3.05, 3.63) is 34.4 Å². The lowest BCUT2D eigenvalue weighted by molar-refractivity contribution is -0.165. The minimum absolute atomic E-state index is 0.0709. The first-order chi connectivity index (χ1) is 27.9. The molecule has 0 aromatic heterocycles. The number of carboxylic acid groups (broad SMARTS) is 2. The van der Waals surface area contributed by atoms with Crippen molar-refractivity contribution in [1.82, 2.24) is 0 Å². The van der Waals surface area contributed by atoms with Crippen LogP contribution in [0.5, 0.6) is 0 Å². The fourth-order valence-corrected chi connectivity index (χ4v) is 3.68. The Morgan fingerprint density at radius 3 is 1.18 bits per heavy atom. The highest BCUT2D eigenvalue weighted by atomic mass is 16.6.